The number of aromatic nitrogens is 2. The fraction of sp³-hybridized carbons (Fsp3) is 0.190. The number of benzene rings is 2. The van der Waals surface area contributed by atoms with Crippen molar-refractivity contribution in [2.24, 2.45) is 0 Å². The number of nitrogens with zero attached hydrogens (tertiary/aromatic N) is 3. The highest BCUT2D eigenvalue weighted by Gasteiger charge is 2.08. The Kier molecular flexibility index (Phi) is 6.13. The topological polar surface area (TPSA) is 91.4 Å². The van der Waals surface area contributed by atoms with Gasteiger partial charge < -0.3 is 25.6 Å². The van der Waals surface area contributed by atoms with E-state index < -0.39 is 0 Å². The number of para-hydroxylation sites is 2. The number of carbonyl (C=O) groups is 1. The lowest BCUT2D eigenvalue weighted by Crippen LogP contribution is -2.19. The van der Waals surface area contributed by atoms with Gasteiger partial charge in [-0.3, -0.25) is 0 Å². The van der Waals surface area contributed by atoms with Crippen molar-refractivity contribution in [3.05, 3.63) is 60.4 Å². The molecule has 0 spiro atoms. The van der Waals surface area contributed by atoms with Gasteiger partial charge in [0, 0.05) is 31.5 Å². The molecule has 0 fully saturated rings. The highest BCUT2D eigenvalue weighted by atomic mass is 16.5. The SMILES string of the molecule is COc1ccccc1NC(=O)Nc1ccc(Nc2cc(N(C)C)nc(C)n2)cc1. The molecule has 0 bridgehead atoms. The van der Waals surface area contributed by atoms with Gasteiger partial charge in [0.05, 0.1) is 12.8 Å². The van der Waals surface area contributed by atoms with Gasteiger partial charge >= 0.3 is 6.03 Å². The van der Waals surface area contributed by atoms with E-state index in [1.54, 1.807) is 19.2 Å². The van der Waals surface area contributed by atoms with Crippen molar-refractivity contribution < 1.29 is 9.53 Å². The summed E-state index contributed by atoms with van der Waals surface area (Å²) in [5, 5.41) is 8.83. The molecule has 0 aliphatic heterocycles. The highest BCUT2D eigenvalue weighted by Crippen LogP contribution is 2.24. The summed E-state index contributed by atoms with van der Waals surface area (Å²) in [6.07, 6.45) is 0. The fourth-order valence-corrected chi connectivity index (χ4v) is 2.66. The molecule has 0 saturated heterocycles. The van der Waals surface area contributed by atoms with E-state index in [4.69, 9.17) is 4.74 Å². The second kappa shape index (κ2) is 8.92. The lowest BCUT2D eigenvalue weighted by molar-refractivity contribution is 0.262. The largest absolute Gasteiger partial charge is 0.495 e. The number of methoxy groups -OCH3 is 1. The summed E-state index contributed by atoms with van der Waals surface area (Å²) in [5.74, 6) is 2.81. The second-order valence-corrected chi connectivity index (χ2v) is 6.53. The Hall–Kier alpha value is -3.81. The van der Waals surface area contributed by atoms with Crippen LogP contribution in [0.4, 0.5) is 33.5 Å². The number of carbonyl (C=O) groups excluding carboxylic acids is 1. The predicted molar refractivity (Wildman–Crippen MR) is 116 cm³/mol. The number of hydrogen-bond acceptors (Lipinski definition) is 6. The summed E-state index contributed by atoms with van der Waals surface area (Å²) in [6, 6.07) is 16.1. The van der Waals surface area contributed by atoms with Gasteiger partial charge in [-0.15, -0.1) is 0 Å². The number of nitrogens with one attached hydrogen (secondary N) is 3. The third kappa shape index (κ3) is 5.35. The van der Waals surface area contributed by atoms with Crippen LogP contribution < -0.4 is 25.6 Å². The van der Waals surface area contributed by atoms with Gasteiger partial charge in [-0.25, -0.2) is 14.8 Å². The van der Waals surface area contributed by atoms with Crippen molar-refractivity contribution in [2.45, 2.75) is 6.92 Å². The van der Waals surface area contributed by atoms with Crippen LogP contribution in [-0.2, 0) is 0 Å². The summed E-state index contributed by atoms with van der Waals surface area (Å²) in [5.41, 5.74) is 2.11. The van der Waals surface area contributed by atoms with Gasteiger partial charge in [0.15, 0.2) is 0 Å². The molecule has 0 aliphatic rings. The lowest BCUT2D eigenvalue weighted by Gasteiger charge is -2.14. The number of urea groups is 1. The van der Waals surface area contributed by atoms with E-state index in [1.807, 2.05) is 68.4 Å². The molecule has 3 N–H and O–H groups in total. The van der Waals surface area contributed by atoms with Crippen molar-refractivity contribution in [3.8, 4) is 5.75 Å². The minimum absolute atomic E-state index is 0.350. The maximum atomic E-state index is 12.2. The van der Waals surface area contributed by atoms with Gasteiger partial charge in [0.1, 0.15) is 23.2 Å². The van der Waals surface area contributed by atoms with Crippen LogP contribution in [0.3, 0.4) is 0 Å². The van der Waals surface area contributed by atoms with Gasteiger partial charge in [0.2, 0.25) is 0 Å². The molecule has 8 nitrogen and oxygen atoms in total. The second-order valence-electron chi connectivity index (χ2n) is 6.53. The van der Waals surface area contributed by atoms with Crippen molar-refractivity contribution in [2.75, 3.05) is 42.1 Å². The van der Waals surface area contributed by atoms with Gasteiger partial charge in [-0.05, 0) is 43.3 Å². The smallest absolute Gasteiger partial charge is 0.323 e. The molecule has 150 valence electrons. The van der Waals surface area contributed by atoms with Crippen molar-refractivity contribution in [1.82, 2.24) is 9.97 Å². The molecule has 0 radical (unpaired) electrons. The Bertz CT molecular complexity index is 989. The van der Waals surface area contributed by atoms with Crippen LogP contribution in [0.2, 0.25) is 0 Å². The van der Waals surface area contributed by atoms with E-state index in [0.29, 0.717) is 28.8 Å². The molecule has 0 unspecified atom stereocenters. The van der Waals surface area contributed by atoms with Crippen molar-refractivity contribution >= 4 is 34.7 Å². The Labute approximate surface area is 169 Å². The molecule has 0 saturated carbocycles. The third-order valence-corrected chi connectivity index (χ3v) is 4.05. The normalized spacial score (nSPS) is 10.2. The zero-order chi connectivity index (χ0) is 20.8. The zero-order valence-electron chi connectivity index (χ0n) is 16.9. The van der Waals surface area contributed by atoms with Crippen LogP contribution in [0.25, 0.3) is 0 Å². The van der Waals surface area contributed by atoms with Crippen molar-refractivity contribution in [1.29, 1.82) is 0 Å². The maximum absolute atomic E-state index is 12.2. The molecule has 0 atom stereocenters. The number of anilines is 5. The molecule has 0 aliphatic carbocycles. The Morgan fingerprint density at radius 3 is 2.34 bits per heavy atom. The number of aryl methyl sites for hydroxylation is 1. The zero-order valence-corrected chi connectivity index (χ0v) is 16.9. The summed E-state index contributed by atoms with van der Waals surface area (Å²) < 4.78 is 5.24. The number of hydrogen-bond donors (Lipinski definition) is 3. The first kappa shape index (κ1) is 19.9. The summed E-state index contributed by atoms with van der Waals surface area (Å²) in [6.45, 7) is 1.85. The molecule has 2 aromatic carbocycles. The molecule has 1 aromatic heterocycles. The van der Waals surface area contributed by atoms with Gasteiger partial charge in [0.25, 0.3) is 0 Å². The summed E-state index contributed by atoms with van der Waals surface area (Å²) in [4.78, 5) is 23.0. The number of amides is 2. The van der Waals surface area contributed by atoms with Crippen LogP contribution in [0.1, 0.15) is 5.82 Å². The molecule has 29 heavy (non-hydrogen) atoms. The Balaban J connectivity index is 1.64. The quantitative estimate of drug-likeness (QED) is 0.581. The minimum atomic E-state index is -0.350. The van der Waals surface area contributed by atoms with E-state index in [2.05, 4.69) is 25.9 Å². The van der Waals surface area contributed by atoms with Crippen molar-refractivity contribution in [3.63, 3.8) is 0 Å². The monoisotopic (exact) mass is 392 g/mol. The summed E-state index contributed by atoms with van der Waals surface area (Å²) >= 11 is 0. The van der Waals surface area contributed by atoms with E-state index in [9.17, 15) is 4.79 Å². The van der Waals surface area contributed by atoms with Gasteiger partial charge in [-0.1, -0.05) is 12.1 Å². The standard InChI is InChI=1S/C21H24N6O2/c1-14-22-19(13-20(23-14)27(2)3)24-15-9-11-16(12-10-15)25-21(28)26-17-7-5-6-8-18(17)29-4/h5-13H,1-4H3,(H,22,23,24)(H2,25,26,28). The molecule has 3 aromatic rings. The van der Waals surface area contributed by atoms with Crippen LogP contribution in [0.15, 0.2) is 54.6 Å². The fourth-order valence-electron chi connectivity index (χ4n) is 2.66. The maximum Gasteiger partial charge on any atom is 0.323 e. The first-order valence-electron chi connectivity index (χ1n) is 9.06. The molecular formula is C21H24N6O2. The molecule has 1 heterocycles. The minimum Gasteiger partial charge on any atom is -0.495 e. The average molecular weight is 392 g/mol. The van der Waals surface area contributed by atoms with E-state index in [-0.39, 0.29) is 6.03 Å². The van der Waals surface area contributed by atoms with Crippen LogP contribution in [-0.4, -0.2) is 37.2 Å². The number of ether oxygens (including phenoxy) is 1. The first-order chi connectivity index (χ1) is 13.9. The first-order valence-corrected chi connectivity index (χ1v) is 9.06. The van der Waals surface area contributed by atoms with E-state index in [1.165, 1.54) is 0 Å². The Morgan fingerprint density at radius 1 is 0.966 bits per heavy atom. The van der Waals surface area contributed by atoms with E-state index in [0.717, 1.165) is 11.5 Å². The van der Waals surface area contributed by atoms with Crippen LogP contribution >= 0.6 is 0 Å². The van der Waals surface area contributed by atoms with Gasteiger partial charge in [-0.2, -0.15) is 0 Å². The highest BCUT2D eigenvalue weighted by molar-refractivity contribution is 6.00. The predicted octanol–water partition coefficient (Wildman–Crippen LogP) is 4.25. The molecule has 8 heteroatoms. The molecule has 2 amide bonds. The number of rotatable bonds is 6. The average Bonchev–Trinajstić information content (AvgIpc) is 2.69. The van der Waals surface area contributed by atoms with Crippen LogP contribution in [0, 0.1) is 6.92 Å². The lowest BCUT2D eigenvalue weighted by atomic mass is 10.2. The molecular weight excluding hydrogens is 368 g/mol. The van der Waals surface area contributed by atoms with E-state index >= 15 is 0 Å². The Morgan fingerprint density at radius 2 is 1.66 bits per heavy atom. The third-order valence-electron chi connectivity index (χ3n) is 4.05. The van der Waals surface area contributed by atoms with Crippen LogP contribution in [0.5, 0.6) is 5.75 Å². The molecule has 3 rings (SSSR count). The summed E-state index contributed by atoms with van der Waals surface area (Å²) in [7, 11) is 5.43.